The number of sulfonamides is 1. The van der Waals surface area contributed by atoms with Crippen molar-refractivity contribution in [3.63, 3.8) is 0 Å². The third kappa shape index (κ3) is 5.20. The number of nitrogens with zero attached hydrogens (tertiary/aromatic N) is 4. The van der Waals surface area contributed by atoms with E-state index in [4.69, 9.17) is 14.5 Å². The first-order chi connectivity index (χ1) is 16.5. The number of pyridine rings is 1. The second-order valence-corrected chi connectivity index (χ2v) is 10.8. The highest BCUT2D eigenvalue weighted by Crippen LogP contribution is 2.30. The molecule has 1 aromatic carbocycles. The van der Waals surface area contributed by atoms with E-state index in [9.17, 15) is 8.42 Å². The Morgan fingerprint density at radius 3 is 2.68 bits per heavy atom. The summed E-state index contributed by atoms with van der Waals surface area (Å²) in [6.45, 7) is 3.22. The molecule has 0 saturated carbocycles. The molecule has 2 fully saturated rings. The van der Waals surface area contributed by atoms with Gasteiger partial charge in [-0.25, -0.2) is 18.4 Å². The Morgan fingerprint density at radius 2 is 1.91 bits per heavy atom. The van der Waals surface area contributed by atoms with Crippen LogP contribution in [0, 0.1) is 0 Å². The van der Waals surface area contributed by atoms with E-state index in [1.807, 2.05) is 6.07 Å². The van der Waals surface area contributed by atoms with Crippen LogP contribution in [0.3, 0.4) is 0 Å². The van der Waals surface area contributed by atoms with Crippen LogP contribution in [0.15, 0.2) is 42.7 Å². The average molecular weight is 484 g/mol. The molecule has 0 bridgehead atoms. The van der Waals surface area contributed by atoms with E-state index in [1.54, 1.807) is 12.4 Å². The molecule has 1 atom stereocenters. The Labute approximate surface area is 199 Å². The van der Waals surface area contributed by atoms with E-state index >= 15 is 0 Å². The maximum atomic E-state index is 11.9. The minimum atomic E-state index is -3.27. The number of nitrogens with one attached hydrogen (secondary N) is 1. The molecular formula is C24H29N5O4S. The zero-order valence-corrected chi connectivity index (χ0v) is 20.0. The molecule has 0 aliphatic carbocycles. The molecule has 10 heteroatoms. The van der Waals surface area contributed by atoms with Crippen LogP contribution in [0.4, 0.5) is 0 Å². The quantitative estimate of drug-likeness (QED) is 0.569. The molecule has 5 rings (SSSR count). The number of benzene rings is 1. The summed E-state index contributed by atoms with van der Waals surface area (Å²) in [5, 5.41) is 3.41. The van der Waals surface area contributed by atoms with Crippen molar-refractivity contribution >= 4 is 21.1 Å². The first kappa shape index (κ1) is 23.1. The third-order valence-corrected chi connectivity index (χ3v) is 7.69. The first-order valence-electron chi connectivity index (χ1n) is 11.6. The van der Waals surface area contributed by atoms with E-state index < -0.39 is 10.0 Å². The summed E-state index contributed by atoms with van der Waals surface area (Å²) >= 11 is 0. The van der Waals surface area contributed by atoms with Gasteiger partial charge in [0.15, 0.2) is 5.52 Å². The fourth-order valence-corrected chi connectivity index (χ4v) is 5.38. The predicted molar refractivity (Wildman–Crippen MR) is 129 cm³/mol. The van der Waals surface area contributed by atoms with Crippen LogP contribution >= 0.6 is 0 Å². The van der Waals surface area contributed by atoms with E-state index in [0.717, 1.165) is 37.2 Å². The number of morpholine rings is 1. The highest BCUT2D eigenvalue weighted by molar-refractivity contribution is 7.88. The van der Waals surface area contributed by atoms with Gasteiger partial charge >= 0.3 is 0 Å². The van der Waals surface area contributed by atoms with Gasteiger partial charge in [-0.1, -0.05) is 24.3 Å². The number of hydrogen-bond acceptors (Lipinski definition) is 8. The van der Waals surface area contributed by atoms with Crippen molar-refractivity contribution in [3.05, 3.63) is 48.3 Å². The molecule has 34 heavy (non-hydrogen) atoms. The van der Waals surface area contributed by atoms with Gasteiger partial charge in [-0.15, -0.1) is 0 Å². The largest absolute Gasteiger partial charge is 0.473 e. The lowest BCUT2D eigenvalue weighted by Crippen LogP contribution is -2.47. The molecule has 0 spiro atoms. The van der Waals surface area contributed by atoms with Gasteiger partial charge in [0, 0.05) is 31.0 Å². The predicted octanol–water partition coefficient (Wildman–Crippen LogP) is 2.20. The third-order valence-electron chi connectivity index (χ3n) is 6.42. The normalized spacial score (nSPS) is 20.4. The van der Waals surface area contributed by atoms with E-state index in [0.29, 0.717) is 36.0 Å². The van der Waals surface area contributed by atoms with Crippen LogP contribution in [0.1, 0.15) is 24.3 Å². The SMILES string of the molecule is CS(=O)(=O)N1CCOC(COc2nc(-c3ccc(C4CCNCC4)cc3)cc3nccnc23)C1. The molecule has 2 aliphatic heterocycles. The van der Waals surface area contributed by atoms with Crippen molar-refractivity contribution in [3.8, 4) is 17.1 Å². The zero-order valence-electron chi connectivity index (χ0n) is 19.2. The maximum Gasteiger partial charge on any atom is 0.242 e. The Balaban J connectivity index is 1.37. The summed E-state index contributed by atoms with van der Waals surface area (Å²) in [7, 11) is -3.27. The minimum Gasteiger partial charge on any atom is -0.473 e. The summed E-state index contributed by atoms with van der Waals surface area (Å²) in [4.78, 5) is 13.6. The first-order valence-corrected chi connectivity index (χ1v) is 13.4. The van der Waals surface area contributed by atoms with Gasteiger partial charge in [0.05, 0.1) is 24.1 Å². The minimum absolute atomic E-state index is 0.169. The highest BCUT2D eigenvalue weighted by atomic mass is 32.2. The highest BCUT2D eigenvalue weighted by Gasteiger charge is 2.27. The summed E-state index contributed by atoms with van der Waals surface area (Å²) < 4.78 is 37.0. The van der Waals surface area contributed by atoms with Crippen LogP contribution in [-0.2, 0) is 14.8 Å². The number of piperidine rings is 1. The van der Waals surface area contributed by atoms with E-state index in [2.05, 4.69) is 39.6 Å². The van der Waals surface area contributed by atoms with Crippen LogP contribution < -0.4 is 10.1 Å². The second-order valence-electron chi connectivity index (χ2n) is 8.81. The second kappa shape index (κ2) is 9.91. The smallest absolute Gasteiger partial charge is 0.242 e. The van der Waals surface area contributed by atoms with Gasteiger partial charge in [0.1, 0.15) is 12.7 Å². The van der Waals surface area contributed by atoms with Crippen LogP contribution in [0.2, 0.25) is 0 Å². The Bertz CT molecular complexity index is 1250. The monoisotopic (exact) mass is 483 g/mol. The molecule has 0 radical (unpaired) electrons. The van der Waals surface area contributed by atoms with E-state index in [-0.39, 0.29) is 19.3 Å². The fourth-order valence-electron chi connectivity index (χ4n) is 4.54. The number of fused-ring (bicyclic) bond motifs is 1. The van der Waals surface area contributed by atoms with Gasteiger partial charge in [0.2, 0.25) is 15.9 Å². The van der Waals surface area contributed by atoms with Crippen molar-refractivity contribution < 1.29 is 17.9 Å². The van der Waals surface area contributed by atoms with Crippen molar-refractivity contribution in [2.75, 3.05) is 45.6 Å². The lowest BCUT2D eigenvalue weighted by atomic mass is 9.89. The number of hydrogen-bond donors (Lipinski definition) is 1. The number of ether oxygens (including phenoxy) is 2. The Hall–Kier alpha value is -2.66. The Kier molecular flexibility index (Phi) is 6.73. The summed E-state index contributed by atoms with van der Waals surface area (Å²) in [6, 6.07) is 10.5. The Morgan fingerprint density at radius 1 is 1.15 bits per heavy atom. The van der Waals surface area contributed by atoms with Crippen molar-refractivity contribution in [1.29, 1.82) is 0 Å². The van der Waals surface area contributed by atoms with E-state index in [1.165, 1.54) is 16.1 Å². The van der Waals surface area contributed by atoms with Crippen molar-refractivity contribution in [2.24, 2.45) is 0 Å². The molecule has 4 heterocycles. The fraction of sp³-hybridized carbons (Fsp3) is 0.458. The molecule has 2 saturated heterocycles. The standard InChI is InChI=1S/C24H29N5O4S/c1-34(30,31)29-12-13-32-20(15-29)16-33-24-23-22(26-10-11-27-23)14-21(28-24)19-4-2-17(3-5-19)18-6-8-25-9-7-18/h2-5,10-11,14,18,20,25H,6-9,12-13,15-16H2,1H3. The summed E-state index contributed by atoms with van der Waals surface area (Å²) in [5.41, 5.74) is 4.34. The van der Waals surface area contributed by atoms with Crippen molar-refractivity contribution in [1.82, 2.24) is 24.6 Å². The van der Waals surface area contributed by atoms with Gasteiger partial charge in [-0.2, -0.15) is 4.31 Å². The zero-order chi connectivity index (χ0) is 23.5. The summed E-state index contributed by atoms with van der Waals surface area (Å²) in [5.74, 6) is 0.953. The molecular weight excluding hydrogens is 454 g/mol. The van der Waals surface area contributed by atoms with Crippen molar-refractivity contribution in [2.45, 2.75) is 24.9 Å². The molecule has 3 aromatic rings. The lowest BCUT2D eigenvalue weighted by molar-refractivity contribution is -0.0252. The molecule has 2 aromatic heterocycles. The van der Waals surface area contributed by atoms with Crippen LogP contribution in [0.5, 0.6) is 5.88 Å². The number of aromatic nitrogens is 3. The van der Waals surface area contributed by atoms with Gasteiger partial charge in [0.25, 0.3) is 0 Å². The van der Waals surface area contributed by atoms with Crippen LogP contribution in [-0.4, -0.2) is 79.4 Å². The molecule has 9 nitrogen and oxygen atoms in total. The van der Waals surface area contributed by atoms with Gasteiger partial charge in [-0.3, -0.25) is 4.98 Å². The molecule has 180 valence electrons. The molecule has 1 N–H and O–H groups in total. The van der Waals surface area contributed by atoms with Crippen LogP contribution in [0.25, 0.3) is 22.3 Å². The van der Waals surface area contributed by atoms with Gasteiger partial charge in [-0.05, 0) is 43.5 Å². The average Bonchev–Trinajstić information content (AvgIpc) is 2.87. The molecule has 1 unspecified atom stereocenters. The molecule has 0 amide bonds. The maximum absolute atomic E-state index is 11.9. The topological polar surface area (TPSA) is 107 Å². The summed E-state index contributed by atoms with van der Waals surface area (Å²) in [6.07, 6.45) is 6.38. The number of rotatable bonds is 6. The molecule has 2 aliphatic rings. The van der Waals surface area contributed by atoms with Gasteiger partial charge < -0.3 is 14.8 Å². The lowest BCUT2D eigenvalue weighted by Gasteiger charge is -2.30.